The normalized spacial score (nSPS) is 20.2. The van der Waals surface area contributed by atoms with Gasteiger partial charge < -0.3 is 20.7 Å². The summed E-state index contributed by atoms with van der Waals surface area (Å²) in [5.41, 5.74) is 7.48. The Morgan fingerprint density at radius 1 is 1.24 bits per heavy atom. The zero-order valence-corrected chi connectivity index (χ0v) is 18.8. The zero-order valence-electron chi connectivity index (χ0n) is 18.8. The highest BCUT2D eigenvalue weighted by Crippen LogP contribution is 2.40. The Labute approximate surface area is 195 Å². The predicted molar refractivity (Wildman–Crippen MR) is 128 cm³/mol. The van der Waals surface area contributed by atoms with Crippen molar-refractivity contribution >= 4 is 11.9 Å². The Balaban J connectivity index is 1.80. The summed E-state index contributed by atoms with van der Waals surface area (Å²) in [5.74, 6) is 3.15. The van der Waals surface area contributed by atoms with Crippen molar-refractivity contribution in [3.63, 3.8) is 0 Å². The molecule has 0 bridgehead atoms. The number of para-hydroxylation sites is 1. The van der Waals surface area contributed by atoms with Gasteiger partial charge in [-0.05, 0) is 43.4 Å². The average Bonchev–Trinajstić information content (AvgIpc) is 2.87. The van der Waals surface area contributed by atoms with Crippen molar-refractivity contribution in [2.45, 2.75) is 37.1 Å². The Bertz CT molecular complexity index is 1060. The van der Waals surface area contributed by atoms with Gasteiger partial charge in [-0.1, -0.05) is 48.4 Å². The Morgan fingerprint density at radius 2 is 1.91 bits per heavy atom. The van der Waals surface area contributed by atoms with Gasteiger partial charge >= 0.3 is 0 Å². The number of aliphatic imine (C=N–C) groups is 1. The number of carbonyl (C=O) groups is 1. The van der Waals surface area contributed by atoms with E-state index in [2.05, 4.69) is 28.4 Å². The number of benzene rings is 2. The van der Waals surface area contributed by atoms with Gasteiger partial charge in [-0.25, -0.2) is 0 Å². The van der Waals surface area contributed by atoms with E-state index in [1.807, 2.05) is 35.2 Å². The maximum atomic E-state index is 13.0. The number of rotatable bonds is 7. The van der Waals surface area contributed by atoms with Crippen molar-refractivity contribution in [1.82, 2.24) is 10.2 Å². The van der Waals surface area contributed by atoms with Crippen LogP contribution in [0.2, 0.25) is 0 Å². The van der Waals surface area contributed by atoms with Crippen LogP contribution in [0.1, 0.15) is 41.6 Å². The molecule has 2 aromatic rings. The van der Waals surface area contributed by atoms with E-state index in [-0.39, 0.29) is 23.3 Å². The SMILES string of the molecule is C#CCN(C(N)=NC#N)[C@H]1CC[C@](CNC(=O)c2ccccc2OC)(c2ccccc2)CC1. The zero-order chi connectivity index (χ0) is 23.7. The second-order valence-corrected chi connectivity index (χ2v) is 8.16. The molecule has 2 aromatic carbocycles. The second-order valence-electron chi connectivity index (χ2n) is 8.16. The summed E-state index contributed by atoms with van der Waals surface area (Å²) in [7, 11) is 1.56. The van der Waals surface area contributed by atoms with Crippen LogP contribution in [0.15, 0.2) is 59.6 Å². The topological polar surface area (TPSA) is 104 Å². The first-order valence-corrected chi connectivity index (χ1v) is 10.9. The van der Waals surface area contributed by atoms with E-state index in [1.165, 1.54) is 5.56 Å². The van der Waals surface area contributed by atoms with E-state index < -0.39 is 0 Å². The minimum atomic E-state index is -0.224. The van der Waals surface area contributed by atoms with Gasteiger partial charge in [0.1, 0.15) is 5.75 Å². The van der Waals surface area contributed by atoms with Crippen molar-refractivity contribution in [2.75, 3.05) is 20.2 Å². The molecule has 1 amide bonds. The summed E-state index contributed by atoms with van der Waals surface area (Å²) in [6.45, 7) is 0.794. The molecule has 0 aromatic heterocycles. The van der Waals surface area contributed by atoms with Crippen LogP contribution in [0.4, 0.5) is 0 Å². The number of carbonyl (C=O) groups excluding carboxylic acids is 1. The Kier molecular flexibility index (Phi) is 7.94. The van der Waals surface area contributed by atoms with Crippen molar-refractivity contribution in [3.05, 3.63) is 65.7 Å². The van der Waals surface area contributed by atoms with Crippen molar-refractivity contribution in [3.8, 4) is 24.3 Å². The number of nitrogens with one attached hydrogen (secondary N) is 1. The average molecular weight is 444 g/mol. The fourth-order valence-electron chi connectivity index (χ4n) is 4.61. The Morgan fingerprint density at radius 3 is 2.55 bits per heavy atom. The van der Waals surface area contributed by atoms with Crippen LogP contribution in [-0.2, 0) is 5.41 Å². The molecule has 3 rings (SSSR count). The van der Waals surface area contributed by atoms with Crippen LogP contribution in [0.3, 0.4) is 0 Å². The van der Waals surface area contributed by atoms with Crippen LogP contribution in [0.5, 0.6) is 5.75 Å². The summed E-state index contributed by atoms with van der Waals surface area (Å²) >= 11 is 0. The molecule has 1 aliphatic carbocycles. The molecular formula is C26H29N5O2. The van der Waals surface area contributed by atoms with Crippen molar-refractivity contribution in [1.29, 1.82) is 5.26 Å². The lowest BCUT2D eigenvalue weighted by Crippen LogP contribution is -2.50. The van der Waals surface area contributed by atoms with E-state index >= 15 is 0 Å². The maximum absolute atomic E-state index is 13.0. The van der Waals surface area contributed by atoms with Gasteiger partial charge in [-0.2, -0.15) is 5.26 Å². The number of ether oxygens (including phenoxy) is 1. The van der Waals surface area contributed by atoms with E-state index in [4.69, 9.17) is 22.2 Å². The number of nitrogens with zero attached hydrogens (tertiary/aromatic N) is 3. The highest BCUT2D eigenvalue weighted by molar-refractivity contribution is 5.97. The lowest BCUT2D eigenvalue weighted by atomic mass is 9.67. The molecule has 0 unspecified atom stereocenters. The molecule has 0 saturated heterocycles. The molecule has 33 heavy (non-hydrogen) atoms. The van der Waals surface area contributed by atoms with E-state index in [0.717, 1.165) is 25.7 Å². The van der Waals surface area contributed by atoms with Crippen LogP contribution < -0.4 is 15.8 Å². The second kappa shape index (κ2) is 11.1. The van der Waals surface area contributed by atoms with Crippen LogP contribution in [0.25, 0.3) is 0 Å². The molecule has 7 heteroatoms. The summed E-state index contributed by atoms with van der Waals surface area (Å²) in [6.07, 6.45) is 10.5. The number of hydrogen-bond donors (Lipinski definition) is 2. The van der Waals surface area contributed by atoms with Crippen LogP contribution in [-0.4, -0.2) is 43.0 Å². The number of guanidine groups is 1. The van der Waals surface area contributed by atoms with Gasteiger partial charge in [0, 0.05) is 18.0 Å². The molecule has 0 atom stereocenters. The number of nitriles is 1. The monoisotopic (exact) mass is 443 g/mol. The lowest BCUT2D eigenvalue weighted by Gasteiger charge is -2.44. The molecule has 7 nitrogen and oxygen atoms in total. The minimum absolute atomic E-state index is 0.0832. The first kappa shape index (κ1) is 23.7. The van der Waals surface area contributed by atoms with Crippen molar-refractivity contribution < 1.29 is 9.53 Å². The van der Waals surface area contributed by atoms with Gasteiger partial charge in [0.05, 0.1) is 19.2 Å². The molecule has 0 radical (unpaired) electrons. The van der Waals surface area contributed by atoms with Crippen LogP contribution >= 0.6 is 0 Å². The number of terminal acetylenes is 1. The van der Waals surface area contributed by atoms with Crippen LogP contribution in [0, 0.1) is 23.8 Å². The third kappa shape index (κ3) is 5.45. The molecular weight excluding hydrogens is 414 g/mol. The summed E-state index contributed by atoms with van der Waals surface area (Å²) in [5, 5.41) is 12.0. The van der Waals surface area contributed by atoms with Gasteiger partial charge in [0.2, 0.25) is 12.2 Å². The third-order valence-corrected chi connectivity index (χ3v) is 6.40. The number of nitrogens with two attached hydrogens (primary N) is 1. The molecule has 1 aliphatic rings. The quantitative estimate of drug-likeness (QED) is 0.296. The number of methoxy groups -OCH3 is 1. The number of amides is 1. The Hall–Kier alpha value is -3.97. The number of hydrogen-bond acceptors (Lipinski definition) is 4. The van der Waals surface area contributed by atoms with E-state index in [9.17, 15) is 4.79 Å². The van der Waals surface area contributed by atoms with Gasteiger partial charge in [-0.15, -0.1) is 11.4 Å². The van der Waals surface area contributed by atoms with Gasteiger partial charge in [0.25, 0.3) is 5.91 Å². The molecule has 1 saturated carbocycles. The van der Waals surface area contributed by atoms with Gasteiger partial charge in [-0.3, -0.25) is 4.79 Å². The van der Waals surface area contributed by atoms with E-state index in [1.54, 1.807) is 25.4 Å². The smallest absolute Gasteiger partial charge is 0.255 e. The highest BCUT2D eigenvalue weighted by Gasteiger charge is 2.39. The standard InChI is InChI=1S/C26H29N5O2/c1-3-17-31(25(28)30-19-27)21-13-15-26(16-14-21,20-9-5-4-6-10-20)18-29-24(32)22-11-7-8-12-23(22)33-2/h1,4-12,21H,13-18H2,2H3,(H2,28,30)(H,29,32)/t21-,26-. The molecule has 0 spiro atoms. The van der Waals surface area contributed by atoms with Crippen molar-refractivity contribution in [2.24, 2.45) is 10.7 Å². The molecule has 3 N–H and O–H groups in total. The fraction of sp³-hybridized carbons (Fsp3) is 0.346. The maximum Gasteiger partial charge on any atom is 0.255 e. The first-order valence-electron chi connectivity index (χ1n) is 10.9. The molecule has 170 valence electrons. The minimum Gasteiger partial charge on any atom is -0.496 e. The summed E-state index contributed by atoms with van der Waals surface area (Å²) < 4.78 is 5.35. The largest absolute Gasteiger partial charge is 0.496 e. The first-order chi connectivity index (χ1) is 16.0. The predicted octanol–water partition coefficient (Wildman–Crippen LogP) is 3.04. The molecule has 1 fully saturated rings. The summed E-state index contributed by atoms with van der Waals surface area (Å²) in [6, 6.07) is 17.5. The molecule has 0 aliphatic heterocycles. The highest BCUT2D eigenvalue weighted by atomic mass is 16.5. The third-order valence-electron chi connectivity index (χ3n) is 6.40. The molecule has 0 heterocycles. The summed E-state index contributed by atoms with van der Waals surface area (Å²) in [4.78, 5) is 18.5. The lowest BCUT2D eigenvalue weighted by molar-refractivity contribution is 0.0927. The van der Waals surface area contributed by atoms with Gasteiger partial charge in [0.15, 0.2) is 0 Å². The van der Waals surface area contributed by atoms with E-state index in [0.29, 0.717) is 24.4 Å². The fourth-order valence-corrected chi connectivity index (χ4v) is 4.61.